The highest BCUT2D eigenvalue weighted by molar-refractivity contribution is 5.79. The van der Waals surface area contributed by atoms with Crippen LogP contribution < -0.4 is 0 Å². The monoisotopic (exact) mass is 1200 g/mol. The number of esters is 1. The van der Waals surface area contributed by atoms with Crippen LogP contribution in [0.2, 0.25) is 0 Å². The van der Waals surface area contributed by atoms with E-state index < -0.39 is 183 Å². The molecule has 482 valence electrons. The lowest BCUT2D eigenvalue weighted by molar-refractivity contribution is -0.373. The molecule has 0 aromatic rings. The van der Waals surface area contributed by atoms with Gasteiger partial charge in [0.15, 0.2) is 31.3 Å². The van der Waals surface area contributed by atoms with Crippen molar-refractivity contribution in [3.63, 3.8) is 0 Å². The van der Waals surface area contributed by atoms with Gasteiger partial charge in [-0.1, -0.05) is 60.1 Å². The maximum Gasteiger partial charge on any atom is 0.315 e. The number of aliphatic hydroxyl groups is 13. The van der Waals surface area contributed by atoms with Crippen LogP contribution in [0.25, 0.3) is 0 Å². The van der Waals surface area contributed by atoms with Crippen molar-refractivity contribution in [2.75, 3.05) is 6.61 Å². The topological polar surface area (TPSA) is 372 Å². The molecule has 24 nitrogen and oxygen atoms in total. The van der Waals surface area contributed by atoms with Gasteiger partial charge in [-0.25, -0.2) is 0 Å². The molecule has 0 aromatic heterocycles. The van der Waals surface area contributed by atoms with Gasteiger partial charge < -0.3 is 114 Å². The fraction of sp³-hybridized carbons (Fsp3) is 0.950. The van der Waals surface area contributed by atoms with E-state index in [1.54, 1.807) is 6.92 Å². The molecule has 5 saturated heterocycles. The summed E-state index contributed by atoms with van der Waals surface area (Å²) in [5.41, 5.74) is -1.32. The van der Waals surface area contributed by atoms with E-state index in [0.29, 0.717) is 38.5 Å². The summed E-state index contributed by atoms with van der Waals surface area (Å²) >= 11 is 0. The van der Waals surface area contributed by atoms with Gasteiger partial charge in [0.25, 0.3) is 0 Å². The number of allylic oxidation sites excluding steroid dienone is 2. The van der Waals surface area contributed by atoms with Crippen molar-refractivity contribution < 1.29 is 119 Å². The van der Waals surface area contributed by atoms with Gasteiger partial charge in [-0.05, 0) is 137 Å². The number of carbonyl (C=O) groups is 1. The van der Waals surface area contributed by atoms with Crippen molar-refractivity contribution in [2.45, 2.75) is 300 Å². The van der Waals surface area contributed by atoms with Crippen LogP contribution in [0.15, 0.2) is 11.6 Å². The lowest BCUT2D eigenvalue weighted by atomic mass is 9.33. The van der Waals surface area contributed by atoms with Gasteiger partial charge in [-0.15, -0.1) is 0 Å². The lowest BCUT2D eigenvalue weighted by Gasteiger charge is -2.71. The van der Waals surface area contributed by atoms with Crippen LogP contribution in [0.1, 0.15) is 140 Å². The Bertz CT molecular complexity index is 2360. The molecule has 10 rings (SSSR count). The van der Waals surface area contributed by atoms with Crippen LogP contribution >= 0.6 is 0 Å². The molecule has 24 heteroatoms. The van der Waals surface area contributed by atoms with Crippen LogP contribution in [0.5, 0.6) is 0 Å². The number of fused-ring (bicyclic) bond motifs is 7. The number of aliphatic hydroxyl groups excluding tert-OH is 13. The first-order chi connectivity index (χ1) is 39.1. The summed E-state index contributed by atoms with van der Waals surface area (Å²) in [5, 5.41) is 142. The minimum absolute atomic E-state index is 0.150. The smallest absolute Gasteiger partial charge is 0.315 e. The van der Waals surface area contributed by atoms with Crippen LogP contribution in [0.3, 0.4) is 0 Å². The molecular weight excluding hydrogens is 1100 g/mol. The molecule has 10 aliphatic rings. The fourth-order valence-electron chi connectivity index (χ4n) is 17.7. The van der Waals surface area contributed by atoms with Crippen molar-refractivity contribution in [1.29, 1.82) is 0 Å². The average molecular weight is 1200 g/mol. The summed E-state index contributed by atoms with van der Waals surface area (Å²) in [6, 6.07) is 0. The molecule has 13 N–H and O–H groups in total. The Labute approximate surface area is 491 Å². The van der Waals surface area contributed by atoms with Crippen LogP contribution in [0.4, 0.5) is 0 Å². The molecule has 9 fully saturated rings. The Morgan fingerprint density at radius 3 is 1.56 bits per heavy atom. The second kappa shape index (κ2) is 23.5. The van der Waals surface area contributed by atoms with Gasteiger partial charge in [0.2, 0.25) is 6.29 Å². The molecule has 5 aliphatic carbocycles. The second-order valence-corrected chi connectivity index (χ2v) is 29.1. The Morgan fingerprint density at radius 1 is 0.500 bits per heavy atom. The van der Waals surface area contributed by atoms with Crippen molar-refractivity contribution in [1.82, 2.24) is 0 Å². The molecule has 0 amide bonds. The lowest BCUT2D eigenvalue weighted by Crippen LogP contribution is -2.67. The molecule has 33 atom stereocenters. The van der Waals surface area contributed by atoms with Crippen LogP contribution in [-0.2, 0) is 52.2 Å². The molecule has 0 radical (unpaired) electrons. The Hall–Kier alpha value is -1.67. The quantitative estimate of drug-likeness (QED) is 0.0730. The maximum absolute atomic E-state index is 15.7. The molecule has 0 spiro atoms. The zero-order valence-electron chi connectivity index (χ0n) is 50.4. The number of hydrogen-bond acceptors (Lipinski definition) is 24. The Balaban J connectivity index is 0.902. The molecule has 0 aromatic carbocycles. The Morgan fingerprint density at radius 2 is 0.988 bits per heavy atom. The fourth-order valence-corrected chi connectivity index (χ4v) is 17.7. The normalized spacial score (nSPS) is 55.5. The first-order valence-corrected chi connectivity index (χ1v) is 30.8. The first kappa shape index (κ1) is 65.3. The summed E-state index contributed by atoms with van der Waals surface area (Å²) in [5.74, 6) is -0.542. The van der Waals surface area contributed by atoms with Gasteiger partial charge in [0, 0.05) is 0 Å². The van der Waals surface area contributed by atoms with Crippen molar-refractivity contribution in [3.05, 3.63) is 11.6 Å². The van der Waals surface area contributed by atoms with Gasteiger partial charge in [0.05, 0.1) is 42.5 Å². The van der Waals surface area contributed by atoms with E-state index in [0.717, 1.165) is 25.7 Å². The summed E-state index contributed by atoms with van der Waals surface area (Å²) in [4.78, 5) is 15.7. The molecule has 5 aliphatic heterocycles. The third-order valence-corrected chi connectivity index (χ3v) is 23.4. The molecule has 0 bridgehead atoms. The SMILES string of the molecule is CC1OC(OCC2OC(OC(=O)C34CCC(C)(C)CC3C3=CCC5C6(C)CCC(OC7OC(C)C(O)C(O)C7OC7OC(C)C(O)C(O)C7O)C(C)(C)C6CCC5(C)C3(C)CC4)C(OC3OC(C)C(O)C(O)C3O)C(O)C2O)C(O)C(O)C1O. The van der Waals surface area contributed by atoms with Gasteiger partial charge in [-0.2, -0.15) is 0 Å². The average Bonchev–Trinajstić information content (AvgIpc) is 0.715. The molecule has 33 unspecified atom stereocenters. The molecular formula is C60H98O24. The zero-order valence-corrected chi connectivity index (χ0v) is 50.4. The second-order valence-electron chi connectivity index (χ2n) is 29.1. The van der Waals surface area contributed by atoms with Crippen LogP contribution in [-0.4, -0.2) is 239 Å². The van der Waals surface area contributed by atoms with E-state index >= 15 is 4.79 Å². The maximum atomic E-state index is 15.7. The Kier molecular flexibility index (Phi) is 18.3. The van der Waals surface area contributed by atoms with E-state index in [4.69, 9.17) is 47.4 Å². The predicted octanol–water partition coefficient (Wildman–Crippen LogP) is -0.101. The van der Waals surface area contributed by atoms with Gasteiger partial charge in [-0.3, -0.25) is 4.79 Å². The summed E-state index contributed by atoms with van der Waals surface area (Å²) in [6.45, 7) is 21.6. The van der Waals surface area contributed by atoms with E-state index in [1.807, 2.05) is 0 Å². The van der Waals surface area contributed by atoms with E-state index in [-0.39, 0.29) is 39.4 Å². The van der Waals surface area contributed by atoms with Gasteiger partial charge in [0.1, 0.15) is 91.6 Å². The number of hydrogen-bond donors (Lipinski definition) is 13. The third kappa shape index (κ3) is 10.8. The minimum atomic E-state index is -1.90. The highest BCUT2D eigenvalue weighted by atomic mass is 16.8. The van der Waals surface area contributed by atoms with Gasteiger partial charge >= 0.3 is 5.97 Å². The number of rotatable bonds is 11. The highest BCUT2D eigenvalue weighted by Gasteiger charge is 2.70. The third-order valence-electron chi connectivity index (χ3n) is 23.4. The summed E-state index contributed by atoms with van der Waals surface area (Å²) in [6.07, 6.45) is -28.2. The minimum Gasteiger partial charge on any atom is -0.432 e. The van der Waals surface area contributed by atoms with Crippen molar-refractivity contribution >= 4 is 5.97 Å². The molecule has 5 heterocycles. The van der Waals surface area contributed by atoms with E-state index in [1.165, 1.54) is 26.3 Å². The number of carbonyl (C=O) groups excluding carboxylic acids is 1. The summed E-state index contributed by atoms with van der Waals surface area (Å²) in [7, 11) is 0. The standard InChI is InChI=1S/C60H98O24/c1-24-34(61)39(66)44(71)49(76-24)75-23-30-38(65)43(70)48(83-51-46(73)41(68)36(63)26(3)78-51)53(80-30)84-54(74)60-20-18-55(5,6)22-29(60)28-12-13-32-57(9)16-15-33(56(7,8)31(57)14-17-59(32,11)58(28,10)19-21-60)81-52-47(42(69)37(64)27(4)79-52)82-50-45(72)40(67)35(62)25(2)77-50/h12,24-27,29-53,61-73H,13-23H2,1-11H3. The van der Waals surface area contributed by atoms with Crippen molar-refractivity contribution in [3.8, 4) is 0 Å². The largest absolute Gasteiger partial charge is 0.432 e. The molecule has 84 heavy (non-hydrogen) atoms. The van der Waals surface area contributed by atoms with E-state index in [9.17, 15) is 66.4 Å². The predicted molar refractivity (Wildman–Crippen MR) is 290 cm³/mol. The van der Waals surface area contributed by atoms with E-state index in [2.05, 4.69) is 54.5 Å². The highest BCUT2D eigenvalue weighted by Crippen LogP contribution is 2.76. The van der Waals surface area contributed by atoms with Crippen molar-refractivity contribution in [2.24, 2.45) is 50.2 Å². The van der Waals surface area contributed by atoms with Crippen LogP contribution in [0, 0.1) is 50.2 Å². The zero-order chi connectivity index (χ0) is 61.5. The molecule has 4 saturated carbocycles. The number of ether oxygens (including phenoxy) is 10. The summed E-state index contributed by atoms with van der Waals surface area (Å²) < 4.78 is 61.2. The first-order valence-electron chi connectivity index (χ1n) is 30.8.